The summed E-state index contributed by atoms with van der Waals surface area (Å²) in [6.45, 7) is 0. The fourth-order valence-corrected chi connectivity index (χ4v) is 0.736. The molecule has 0 aliphatic heterocycles. The van der Waals surface area contributed by atoms with Crippen LogP contribution in [0.2, 0.25) is 0 Å². The lowest BCUT2D eigenvalue weighted by molar-refractivity contribution is -0.135. The molecule has 0 bridgehead atoms. The molecule has 58 valence electrons. The molecule has 0 radical (unpaired) electrons. The third kappa shape index (κ3) is 2.71. The molecule has 0 unspecified atom stereocenters. The molecular weight excluding hydrogens is 142 g/mol. The molecule has 0 aliphatic carbocycles. The first-order valence-corrected chi connectivity index (χ1v) is 3.30. The minimum absolute atomic E-state index is 0.0746. The van der Waals surface area contributed by atoms with Crippen LogP contribution < -0.4 is 0 Å². The number of carboxylic acids is 1. The molecule has 11 heavy (non-hydrogen) atoms. The number of H-pyrrole nitrogens is 1. The molecular formula is C8H9NO2. The predicted molar refractivity (Wildman–Crippen MR) is 42.1 cm³/mol. The number of carboxylic acid groups (broad SMARTS) is 1. The number of carbonyl (C=O) groups is 1. The van der Waals surface area contributed by atoms with Crippen molar-refractivity contribution in [2.45, 2.75) is 6.42 Å². The Morgan fingerprint density at radius 2 is 2.55 bits per heavy atom. The molecule has 0 atom stereocenters. The van der Waals surface area contributed by atoms with Gasteiger partial charge in [0.2, 0.25) is 0 Å². The summed E-state index contributed by atoms with van der Waals surface area (Å²) in [4.78, 5) is 12.9. The lowest BCUT2D eigenvalue weighted by Crippen LogP contribution is -1.89. The van der Waals surface area contributed by atoms with Gasteiger partial charge < -0.3 is 10.1 Å². The van der Waals surface area contributed by atoms with Crippen molar-refractivity contribution in [3.05, 3.63) is 30.1 Å². The Morgan fingerprint density at radius 3 is 3.09 bits per heavy atom. The molecule has 1 aromatic heterocycles. The van der Waals surface area contributed by atoms with E-state index in [1.54, 1.807) is 24.5 Å². The maximum atomic E-state index is 10.1. The first kappa shape index (κ1) is 7.60. The molecule has 1 heterocycles. The maximum Gasteiger partial charge on any atom is 0.307 e. The van der Waals surface area contributed by atoms with Gasteiger partial charge in [-0.05, 0) is 11.6 Å². The SMILES string of the molecule is O=C(O)C/C=C/c1cc[nH]c1. The van der Waals surface area contributed by atoms with Crippen LogP contribution >= 0.6 is 0 Å². The van der Waals surface area contributed by atoms with Crippen molar-refractivity contribution in [2.24, 2.45) is 0 Å². The highest BCUT2D eigenvalue weighted by molar-refractivity contribution is 5.70. The zero-order valence-corrected chi connectivity index (χ0v) is 5.95. The average Bonchev–Trinajstić information content (AvgIpc) is 2.39. The lowest BCUT2D eigenvalue weighted by atomic mass is 10.3. The third-order valence-corrected chi connectivity index (χ3v) is 1.22. The second kappa shape index (κ2) is 3.61. The van der Waals surface area contributed by atoms with Crippen LogP contribution in [0.3, 0.4) is 0 Å². The molecule has 0 aromatic carbocycles. The molecule has 0 aliphatic rings. The molecule has 2 N–H and O–H groups in total. The van der Waals surface area contributed by atoms with Crippen LogP contribution in [-0.2, 0) is 4.79 Å². The second-order valence-corrected chi connectivity index (χ2v) is 2.14. The summed E-state index contributed by atoms with van der Waals surface area (Å²) >= 11 is 0. The lowest BCUT2D eigenvalue weighted by Gasteiger charge is -1.82. The molecule has 0 amide bonds. The highest BCUT2D eigenvalue weighted by Crippen LogP contribution is 1.99. The largest absolute Gasteiger partial charge is 0.481 e. The van der Waals surface area contributed by atoms with E-state index in [2.05, 4.69) is 4.98 Å². The van der Waals surface area contributed by atoms with Gasteiger partial charge in [0.25, 0.3) is 0 Å². The Bertz CT molecular complexity index is 249. The Kier molecular flexibility index (Phi) is 2.49. The van der Waals surface area contributed by atoms with Gasteiger partial charge in [-0.2, -0.15) is 0 Å². The Balaban J connectivity index is 2.43. The van der Waals surface area contributed by atoms with Crippen molar-refractivity contribution < 1.29 is 9.90 Å². The van der Waals surface area contributed by atoms with Crippen LogP contribution in [-0.4, -0.2) is 16.1 Å². The zero-order chi connectivity index (χ0) is 8.10. The summed E-state index contributed by atoms with van der Waals surface area (Å²) in [7, 11) is 0. The Morgan fingerprint density at radius 1 is 1.73 bits per heavy atom. The molecule has 0 spiro atoms. The predicted octanol–water partition coefficient (Wildman–Crippen LogP) is 1.50. The van der Waals surface area contributed by atoms with Gasteiger partial charge in [0, 0.05) is 12.4 Å². The quantitative estimate of drug-likeness (QED) is 0.687. The molecule has 3 heteroatoms. The van der Waals surface area contributed by atoms with E-state index in [9.17, 15) is 4.79 Å². The van der Waals surface area contributed by atoms with Crippen LogP contribution in [0.15, 0.2) is 24.5 Å². The smallest absolute Gasteiger partial charge is 0.307 e. The first-order chi connectivity index (χ1) is 5.29. The third-order valence-electron chi connectivity index (χ3n) is 1.22. The van der Waals surface area contributed by atoms with Crippen molar-refractivity contribution in [1.29, 1.82) is 0 Å². The van der Waals surface area contributed by atoms with Gasteiger partial charge in [-0.25, -0.2) is 0 Å². The topological polar surface area (TPSA) is 53.1 Å². The van der Waals surface area contributed by atoms with Crippen molar-refractivity contribution in [2.75, 3.05) is 0 Å². The highest BCUT2D eigenvalue weighted by Gasteiger charge is 1.89. The van der Waals surface area contributed by atoms with Gasteiger partial charge in [-0.3, -0.25) is 4.79 Å². The summed E-state index contributed by atoms with van der Waals surface area (Å²) in [5.41, 5.74) is 0.992. The standard InChI is InChI=1S/C8H9NO2/c10-8(11)3-1-2-7-4-5-9-6-7/h1-2,4-6,9H,3H2,(H,10,11)/b2-1+. The van der Waals surface area contributed by atoms with Crippen molar-refractivity contribution in [3.63, 3.8) is 0 Å². The number of nitrogens with one attached hydrogen (secondary N) is 1. The average molecular weight is 151 g/mol. The van der Waals surface area contributed by atoms with Crippen LogP contribution in [0, 0.1) is 0 Å². The summed E-state index contributed by atoms with van der Waals surface area (Å²) in [6, 6.07) is 1.87. The summed E-state index contributed by atoms with van der Waals surface area (Å²) in [6.07, 6.45) is 7.06. The fourth-order valence-electron chi connectivity index (χ4n) is 0.736. The molecule has 3 nitrogen and oxygen atoms in total. The van der Waals surface area contributed by atoms with E-state index in [0.717, 1.165) is 5.56 Å². The van der Waals surface area contributed by atoms with E-state index in [4.69, 9.17) is 5.11 Å². The fraction of sp³-hybridized carbons (Fsp3) is 0.125. The molecule has 1 rings (SSSR count). The van der Waals surface area contributed by atoms with Gasteiger partial charge in [-0.15, -0.1) is 0 Å². The second-order valence-electron chi connectivity index (χ2n) is 2.14. The molecule has 1 aromatic rings. The van der Waals surface area contributed by atoms with Crippen LogP contribution in [0.25, 0.3) is 6.08 Å². The van der Waals surface area contributed by atoms with E-state index >= 15 is 0 Å². The van der Waals surface area contributed by atoms with Crippen LogP contribution in [0.5, 0.6) is 0 Å². The Hall–Kier alpha value is -1.51. The van der Waals surface area contributed by atoms with Gasteiger partial charge in [0.15, 0.2) is 0 Å². The van der Waals surface area contributed by atoms with Gasteiger partial charge in [0.05, 0.1) is 6.42 Å². The molecule has 0 saturated carbocycles. The van der Waals surface area contributed by atoms with Crippen LogP contribution in [0.4, 0.5) is 0 Å². The van der Waals surface area contributed by atoms with E-state index in [0.29, 0.717) is 0 Å². The van der Waals surface area contributed by atoms with Gasteiger partial charge >= 0.3 is 5.97 Å². The van der Waals surface area contributed by atoms with E-state index in [1.807, 2.05) is 6.07 Å². The first-order valence-electron chi connectivity index (χ1n) is 3.30. The number of rotatable bonds is 3. The summed E-state index contributed by atoms with van der Waals surface area (Å²) < 4.78 is 0. The van der Waals surface area contributed by atoms with E-state index < -0.39 is 5.97 Å². The number of hydrogen-bond acceptors (Lipinski definition) is 1. The monoisotopic (exact) mass is 151 g/mol. The highest BCUT2D eigenvalue weighted by atomic mass is 16.4. The maximum absolute atomic E-state index is 10.1. The van der Waals surface area contributed by atoms with E-state index in [1.165, 1.54) is 0 Å². The number of aliphatic carboxylic acids is 1. The summed E-state index contributed by atoms with van der Waals surface area (Å²) in [5, 5.41) is 8.28. The zero-order valence-electron chi connectivity index (χ0n) is 5.95. The van der Waals surface area contributed by atoms with Crippen molar-refractivity contribution in [1.82, 2.24) is 4.98 Å². The number of aromatic nitrogens is 1. The number of aromatic amines is 1. The van der Waals surface area contributed by atoms with Crippen molar-refractivity contribution >= 4 is 12.0 Å². The number of hydrogen-bond donors (Lipinski definition) is 2. The Labute approximate surface area is 64.4 Å². The van der Waals surface area contributed by atoms with Crippen LogP contribution in [0.1, 0.15) is 12.0 Å². The van der Waals surface area contributed by atoms with Gasteiger partial charge in [0.1, 0.15) is 0 Å². The minimum Gasteiger partial charge on any atom is -0.481 e. The molecule has 0 saturated heterocycles. The minimum atomic E-state index is -0.809. The van der Waals surface area contributed by atoms with E-state index in [-0.39, 0.29) is 6.42 Å². The normalized spacial score (nSPS) is 10.5. The molecule has 0 fully saturated rings. The summed E-state index contributed by atoms with van der Waals surface area (Å²) in [5.74, 6) is -0.809. The van der Waals surface area contributed by atoms with Crippen molar-refractivity contribution in [3.8, 4) is 0 Å². The van der Waals surface area contributed by atoms with Gasteiger partial charge in [-0.1, -0.05) is 12.2 Å².